The summed E-state index contributed by atoms with van der Waals surface area (Å²) in [6.07, 6.45) is 0. The molecule has 0 fully saturated rings. The molecule has 0 spiro atoms. The van der Waals surface area contributed by atoms with Crippen LogP contribution in [0.4, 0.5) is 0 Å². The van der Waals surface area contributed by atoms with Crippen LogP contribution >= 0.6 is 12.6 Å². The maximum Gasteiger partial charge on any atom is 0.113 e. The summed E-state index contributed by atoms with van der Waals surface area (Å²) in [5.74, 6) is 0.741. The van der Waals surface area contributed by atoms with Gasteiger partial charge in [-0.25, -0.2) is 0 Å². The van der Waals surface area contributed by atoms with E-state index in [0.717, 1.165) is 23.3 Å². The fourth-order valence-electron chi connectivity index (χ4n) is 0.799. The van der Waals surface area contributed by atoms with Crippen molar-refractivity contribution >= 4 is 12.6 Å². The summed E-state index contributed by atoms with van der Waals surface area (Å²) < 4.78 is 5.25. The molecule has 3 heteroatoms. The van der Waals surface area contributed by atoms with Gasteiger partial charge >= 0.3 is 0 Å². The third-order valence-electron chi connectivity index (χ3n) is 1.42. The van der Waals surface area contributed by atoms with Crippen molar-refractivity contribution in [2.24, 2.45) is 0 Å². The van der Waals surface area contributed by atoms with Crippen molar-refractivity contribution in [1.29, 1.82) is 0 Å². The Balaban J connectivity index is 0. The third-order valence-corrected chi connectivity index (χ3v) is 1.72. The van der Waals surface area contributed by atoms with E-state index in [1.165, 1.54) is 0 Å². The lowest BCUT2D eigenvalue weighted by atomic mass is 10.2. The molecule has 0 aliphatic heterocycles. The highest BCUT2D eigenvalue weighted by Crippen LogP contribution is 2.09. The van der Waals surface area contributed by atoms with Gasteiger partial charge in [-0.1, -0.05) is 32.6 Å². The summed E-state index contributed by atoms with van der Waals surface area (Å²) in [7, 11) is 1.00. The minimum Gasteiger partial charge on any atom is -0.494 e. The van der Waals surface area contributed by atoms with E-state index >= 15 is 0 Å². The summed E-state index contributed by atoms with van der Waals surface area (Å²) in [5.41, 5.74) is 1.14. The monoisotopic (exact) mass is 242 g/mol. The highest BCUT2D eigenvalue weighted by Gasteiger charge is 1.92. The summed E-state index contributed by atoms with van der Waals surface area (Å²) in [6, 6.07) is 7.87. The summed E-state index contributed by atoms with van der Waals surface area (Å²) in [5, 5.41) is 7.00. The number of aliphatic hydroxyl groups excluding tert-OH is 1. The Bertz CT molecular complexity index is 268. The van der Waals surface area contributed by atoms with Crippen LogP contribution in [0.3, 0.4) is 0 Å². The van der Waals surface area contributed by atoms with Crippen molar-refractivity contribution in [3.05, 3.63) is 42.2 Å². The molecule has 1 aromatic rings. The largest absolute Gasteiger partial charge is 0.494 e. The van der Waals surface area contributed by atoms with Crippen molar-refractivity contribution in [3.63, 3.8) is 0 Å². The molecule has 0 heterocycles. The molecule has 0 atom stereocenters. The van der Waals surface area contributed by atoms with E-state index in [2.05, 4.69) is 19.2 Å². The lowest BCUT2D eigenvalue weighted by molar-refractivity contribution is 0.202. The molecule has 16 heavy (non-hydrogen) atoms. The van der Waals surface area contributed by atoms with E-state index in [1.54, 1.807) is 0 Å². The van der Waals surface area contributed by atoms with Crippen LogP contribution < -0.4 is 0 Å². The Morgan fingerprint density at radius 3 is 2.06 bits per heavy atom. The SMILES string of the molecule is C=C(C)OCc1ccc(S)cc1.CC.CO. The normalized spacial score (nSPS) is 7.88. The van der Waals surface area contributed by atoms with Gasteiger partial charge in [0.05, 0.1) is 5.76 Å². The molecule has 1 aromatic carbocycles. The van der Waals surface area contributed by atoms with Crippen LogP contribution in [0, 0.1) is 0 Å². The van der Waals surface area contributed by atoms with E-state index in [0.29, 0.717) is 6.61 Å². The molecule has 0 aliphatic carbocycles. The van der Waals surface area contributed by atoms with E-state index in [9.17, 15) is 0 Å². The number of allylic oxidation sites excluding steroid dienone is 1. The van der Waals surface area contributed by atoms with Gasteiger partial charge in [-0.05, 0) is 24.6 Å². The lowest BCUT2D eigenvalue weighted by Gasteiger charge is -2.04. The molecule has 0 aliphatic rings. The fourth-order valence-corrected chi connectivity index (χ4v) is 0.948. The summed E-state index contributed by atoms with van der Waals surface area (Å²) in [4.78, 5) is 0.967. The molecule has 0 radical (unpaired) electrons. The quantitative estimate of drug-likeness (QED) is 0.625. The predicted octanol–water partition coefficient (Wildman–Crippen LogP) is 3.66. The van der Waals surface area contributed by atoms with Gasteiger partial charge in [0.1, 0.15) is 6.61 Å². The molecule has 0 saturated carbocycles. The number of hydrogen-bond donors (Lipinski definition) is 2. The maximum atomic E-state index is 7.00. The zero-order chi connectivity index (χ0) is 13.0. The van der Waals surface area contributed by atoms with E-state index in [1.807, 2.05) is 45.0 Å². The second kappa shape index (κ2) is 12.1. The van der Waals surface area contributed by atoms with Crippen LogP contribution in [0.25, 0.3) is 0 Å². The Morgan fingerprint density at radius 1 is 1.25 bits per heavy atom. The second-order valence-corrected chi connectivity index (χ2v) is 3.17. The highest BCUT2D eigenvalue weighted by atomic mass is 32.1. The molecule has 0 unspecified atom stereocenters. The van der Waals surface area contributed by atoms with Crippen LogP contribution in [-0.4, -0.2) is 12.2 Å². The van der Waals surface area contributed by atoms with Crippen molar-refractivity contribution in [2.45, 2.75) is 32.3 Å². The Kier molecular flexibility index (Phi) is 13.3. The standard InChI is InChI=1S/C10H12OS.C2H6.CH4O/c1-8(2)11-7-9-3-5-10(12)6-4-9;2*1-2/h3-6,12H,1,7H2,2H3;1-2H3;2H,1H3. The molecule has 1 rings (SSSR count). The lowest BCUT2D eigenvalue weighted by Crippen LogP contribution is -1.88. The summed E-state index contributed by atoms with van der Waals surface area (Å²) >= 11 is 4.18. The zero-order valence-corrected chi connectivity index (χ0v) is 11.4. The Hall–Kier alpha value is -0.930. The van der Waals surface area contributed by atoms with E-state index in [4.69, 9.17) is 9.84 Å². The third kappa shape index (κ3) is 9.62. The van der Waals surface area contributed by atoms with Crippen molar-refractivity contribution in [2.75, 3.05) is 7.11 Å². The Morgan fingerprint density at radius 2 is 1.69 bits per heavy atom. The molecular weight excluding hydrogens is 220 g/mol. The number of thiol groups is 1. The number of hydrogen-bond acceptors (Lipinski definition) is 3. The van der Waals surface area contributed by atoms with Crippen molar-refractivity contribution < 1.29 is 9.84 Å². The minimum absolute atomic E-state index is 0.587. The van der Waals surface area contributed by atoms with Crippen LogP contribution in [0.15, 0.2) is 41.5 Å². The first-order valence-electron chi connectivity index (χ1n) is 5.19. The smallest absolute Gasteiger partial charge is 0.113 e. The van der Waals surface area contributed by atoms with Gasteiger partial charge in [-0.3, -0.25) is 0 Å². The number of ether oxygens (including phenoxy) is 1. The van der Waals surface area contributed by atoms with Crippen molar-refractivity contribution in [1.82, 2.24) is 0 Å². The van der Waals surface area contributed by atoms with Gasteiger partial charge in [0.15, 0.2) is 0 Å². The molecular formula is C13H22O2S. The molecule has 0 bridgehead atoms. The number of benzene rings is 1. The molecule has 0 aromatic heterocycles. The number of rotatable bonds is 3. The van der Waals surface area contributed by atoms with Gasteiger partial charge in [0.25, 0.3) is 0 Å². The Labute approximate surface area is 104 Å². The van der Waals surface area contributed by atoms with E-state index < -0.39 is 0 Å². The fraction of sp³-hybridized carbons (Fsp3) is 0.385. The average molecular weight is 242 g/mol. The highest BCUT2D eigenvalue weighted by molar-refractivity contribution is 7.80. The van der Waals surface area contributed by atoms with Gasteiger partial charge in [0, 0.05) is 12.0 Å². The molecule has 0 amide bonds. The molecule has 0 saturated heterocycles. The van der Waals surface area contributed by atoms with Gasteiger partial charge in [0.2, 0.25) is 0 Å². The summed E-state index contributed by atoms with van der Waals surface area (Å²) in [6.45, 7) is 10.1. The first kappa shape index (κ1) is 17.5. The predicted molar refractivity (Wildman–Crippen MR) is 72.8 cm³/mol. The number of aliphatic hydroxyl groups is 1. The van der Waals surface area contributed by atoms with Crippen LogP contribution in [0.2, 0.25) is 0 Å². The topological polar surface area (TPSA) is 29.5 Å². The van der Waals surface area contributed by atoms with Crippen LogP contribution in [-0.2, 0) is 11.3 Å². The maximum absolute atomic E-state index is 7.00. The van der Waals surface area contributed by atoms with Crippen LogP contribution in [0.1, 0.15) is 26.3 Å². The molecule has 92 valence electrons. The van der Waals surface area contributed by atoms with Crippen molar-refractivity contribution in [3.8, 4) is 0 Å². The van der Waals surface area contributed by atoms with Gasteiger partial charge in [-0.15, -0.1) is 12.6 Å². The second-order valence-electron chi connectivity index (χ2n) is 2.66. The minimum atomic E-state index is 0.587. The van der Waals surface area contributed by atoms with Gasteiger partial charge < -0.3 is 9.84 Å². The first-order valence-corrected chi connectivity index (χ1v) is 5.64. The molecule has 2 nitrogen and oxygen atoms in total. The molecule has 1 N–H and O–H groups in total. The zero-order valence-electron chi connectivity index (χ0n) is 10.5. The first-order chi connectivity index (χ1) is 7.68. The van der Waals surface area contributed by atoms with Gasteiger partial charge in [-0.2, -0.15) is 0 Å². The average Bonchev–Trinajstić information content (AvgIpc) is 2.33. The van der Waals surface area contributed by atoms with E-state index in [-0.39, 0.29) is 0 Å². The van der Waals surface area contributed by atoms with Crippen LogP contribution in [0.5, 0.6) is 0 Å².